The number of ether oxygens (including phenoxy) is 1. The molecule has 30 heavy (non-hydrogen) atoms. The third-order valence-corrected chi connectivity index (χ3v) is 6.30. The summed E-state index contributed by atoms with van der Waals surface area (Å²) in [6.07, 6.45) is 13.6. The number of hydrogen-bond acceptors (Lipinski definition) is 2. The first kappa shape index (κ1) is 27.3. The first-order valence-corrected chi connectivity index (χ1v) is 12.4. The van der Waals surface area contributed by atoms with E-state index >= 15 is 0 Å². The summed E-state index contributed by atoms with van der Waals surface area (Å²) in [6.45, 7) is 2.63. The Morgan fingerprint density at radius 2 is 1.43 bits per heavy atom. The highest BCUT2D eigenvalue weighted by atomic mass is 127. The van der Waals surface area contributed by atoms with Gasteiger partial charge in [-0.2, -0.15) is 0 Å². The predicted molar refractivity (Wildman–Crippen MR) is 140 cm³/mol. The third kappa shape index (κ3) is 11.0. The molecule has 4 heteroatoms. The highest BCUT2D eigenvalue weighted by molar-refractivity contribution is 14.1. The van der Waals surface area contributed by atoms with Gasteiger partial charge in [-0.25, -0.2) is 0 Å². The zero-order valence-corrected chi connectivity index (χ0v) is 21.3. The van der Waals surface area contributed by atoms with Gasteiger partial charge in [0.1, 0.15) is 12.4 Å². The number of aliphatic hydroxyl groups excluding tert-OH is 1. The van der Waals surface area contributed by atoms with Crippen molar-refractivity contribution in [1.82, 2.24) is 0 Å². The van der Waals surface area contributed by atoms with Crippen molar-refractivity contribution in [2.24, 2.45) is 0 Å². The molecule has 0 radical (unpaired) electrons. The Morgan fingerprint density at radius 3 is 2.07 bits per heavy atom. The molecule has 2 aromatic rings. The van der Waals surface area contributed by atoms with Crippen molar-refractivity contribution in [3.8, 4) is 16.9 Å². The Labute approximate surface area is 203 Å². The fraction of sp³-hybridized carbons (Fsp3) is 0.538. The lowest BCUT2D eigenvalue weighted by atomic mass is 10.0. The summed E-state index contributed by atoms with van der Waals surface area (Å²) < 4.78 is 7.07. The van der Waals surface area contributed by atoms with E-state index < -0.39 is 0 Å². The van der Waals surface area contributed by atoms with Crippen LogP contribution in [0.25, 0.3) is 11.1 Å². The molecule has 1 unspecified atom stereocenters. The van der Waals surface area contributed by atoms with Crippen molar-refractivity contribution in [2.75, 3.05) is 6.61 Å². The average Bonchev–Trinajstić information content (AvgIpc) is 2.75. The molecule has 0 saturated heterocycles. The summed E-state index contributed by atoms with van der Waals surface area (Å²) in [5.41, 5.74) is 2.36. The molecular formula is C26H38ClIO2. The van der Waals surface area contributed by atoms with Crippen molar-refractivity contribution >= 4 is 35.0 Å². The first-order chi connectivity index (χ1) is 14.2. The van der Waals surface area contributed by atoms with Crippen molar-refractivity contribution in [2.45, 2.75) is 83.7 Å². The number of unbranched alkanes of at least 4 members (excludes halogenated alkanes) is 9. The lowest BCUT2D eigenvalue weighted by Gasteiger charge is -2.14. The van der Waals surface area contributed by atoms with Crippen LogP contribution in [-0.2, 0) is 0 Å². The normalized spacial score (nSPS) is 11.7. The molecule has 0 aliphatic carbocycles. The van der Waals surface area contributed by atoms with Crippen LogP contribution < -0.4 is 4.74 Å². The Kier molecular flexibility index (Phi) is 15.3. The van der Waals surface area contributed by atoms with E-state index in [0.717, 1.165) is 18.6 Å². The maximum Gasteiger partial charge on any atom is 0.120 e. The van der Waals surface area contributed by atoms with Gasteiger partial charge in [0.25, 0.3) is 0 Å². The Hall–Kier alpha value is -0.780. The van der Waals surface area contributed by atoms with Gasteiger partial charge in [-0.3, -0.25) is 0 Å². The van der Waals surface area contributed by atoms with Gasteiger partial charge in [0.15, 0.2) is 0 Å². The van der Waals surface area contributed by atoms with Gasteiger partial charge in [0.2, 0.25) is 0 Å². The molecule has 2 aromatic carbocycles. The van der Waals surface area contributed by atoms with Gasteiger partial charge in [-0.1, -0.05) is 101 Å². The number of halogens is 2. The molecule has 168 valence electrons. The Bertz CT molecular complexity index is 678. The highest BCUT2D eigenvalue weighted by Gasteiger charge is 2.08. The van der Waals surface area contributed by atoms with Crippen molar-refractivity contribution in [1.29, 1.82) is 0 Å². The molecular weight excluding hydrogens is 507 g/mol. The summed E-state index contributed by atoms with van der Waals surface area (Å²) in [5, 5.41) is 10.2. The van der Waals surface area contributed by atoms with E-state index in [1.165, 1.54) is 72.5 Å². The standard InChI is InChI=1S/C26H37IO2.ClH/c1-2-3-4-5-6-7-8-9-10-14-17-23(28)21-29-24-18-19-26(27)25(20-24)22-15-12-11-13-16-22;/h11-13,15-16,18-20,23,28H,2-10,14,17,21H2,1H3;1H. The number of aliphatic hydroxyl groups is 1. The molecule has 0 saturated carbocycles. The second-order valence-electron chi connectivity index (χ2n) is 7.94. The second-order valence-corrected chi connectivity index (χ2v) is 9.11. The molecule has 0 aliphatic heterocycles. The van der Waals surface area contributed by atoms with E-state index in [0.29, 0.717) is 6.61 Å². The van der Waals surface area contributed by atoms with Crippen LogP contribution in [0.3, 0.4) is 0 Å². The number of rotatable bonds is 15. The zero-order valence-electron chi connectivity index (χ0n) is 18.3. The van der Waals surface area contributed by atoms with E-state index in [1.807, 2.05) is 12.1 Å². The number of benzene rings is 2. The Morgan fingerprint density at radius 1 is 0.833 bits per heavy atom. The van der Waals surface area contributed by atoms with Crippen LogP contribution in [0, 0.1) is 3.57 Å². The SMILES string of the molecule is CCCCCCCCCCCCC(O)COc1ccc(I)c(-c2ccccc2)c1.Cl. The molecule has 0 aromatic heterocycles. The van der Waals surface area contributed by atoms with Gasteiger partial charge in [-0.05, 0) is 58.3 Å². The molecule has 1 N–H and O–H groups in total. The van der Waals surface area contributed by atoms with Gasteiger partial charge in [0, 0.05) is 3.57 Å². The van der Waals surface area contributed by atoms with Crippen molar-refractivity contribution in [3.63, 3.8) is 0 Å². The van der Waals surface area contributed by atoms with Gasteiger partial charge < -0.3 is 9.84 Å². The summed E-state index contributed by atoms with van der Waals surface area (Å²) in [5.74, 6) is 0.825. The van der Waals surface area contributed by atoms with Crippen LogP contribution in [0.5, 0.6) is 5.75 Å². The summed E-state index contributed by atoms with van der Waals surface area (Å²) >= 11 is 2.36. The minimum absolute atomic E-state index is 0. The summed E-state index contributed by atoms with van der Waals surface area (Å²) in [4.78, 5) is 0. The van der Waals surface area contributed by atoms with Crippen molar-refractivity contribution < 1.29 is 9.84 Å². The van der Waals surface area contributed by atoms with Crippen LogP contribution in [-0.4, -0.2) is 17.8 Å². The van der Waals surface area contributed by atoms with Crippen LogP contribution in [0.2, 0.25) is 0 Å². The second kappa shape index (κ2) is 16.9. The van der Waals surface area contributed by atoms with Crippen LogP contribution in [0.15, 0.2) is 48.5 Å². The predicted octanol–water partition coefficient (Wildman–Crippen LogP) is 8.43. The quantitative estimate of drug-likeness (QED) is 0.180. The van der Waals surface area contributed by atoms with Gasteiger partial charge in [-0.15, -0.1) is 12.4 Å². The molecule has 0 aliphatic rings. The molecule has 0 amide bonds. The van der Waals surface area contributed by atoms with E-state index in [4.69, 9.17) is 4.74 Å². The summed E-state index contributed by atoms with van der Waals surface area (Å²) in [6, 6.07) is 16.5. The van der Waals surface area contributed by atoms with Crippen LogP contribution >= 0.6 is 35.0 Å². The molecule has 0 bridgehead atoms. The van der Waals surface area contributed by atoms with Crippen LogP contribution in [0.1, 0.15) is 77.6 Å². The van der Waals surface area contributed by atoms with Gasteiger partial charge in [0.05, 0.1) is 6.10 Å². The molecule has 2 rings (SSSR count). The molecule has 0 spiro atoms. The van der Waals surface area contributed by atoms with E-state index in [1.54, 1.807) is 0 Å². The maximum atomic E-state index is 10.2. The highest BCUT2D eigenvalue weighted by Crippen LogP contribution is 2.29. The minimum Gasteiger partial charge on any atom is -0.491 e. The fourth-order valence-electron chi connectivity index (χ4n) is 3.58. The summed E-state index contributed by atoms with van der Waals surface area (Å²) in [7, 11) is 0. The zero-order chi connectivity index (χ0) is 20.7. The minimum atomic E-state index is -0.386. The van der Waals surface area contributed by atoms with Crippen molar-refractivity contribution in [3.05, 3.63) is 52.1 Å². The molecule has 1 atom stereocenters. The lowest BCUT2D eigenvalue weighted by molar-refractivity contribution is 0.0975. The molecule has 0 fully saturated rings. The monoisotopic (exact) mass is 544 g/mol. The first-order valence-electron chi connectivity index (χ1n) is 11.4. The maximum absolute atomic E-state index is 10.2. The van der Waals surface area contributed by atoms with E-state index in [2.05, 4.69) is 65.9 Å². The van der Waals surface area contributed by atoms with Gasteiger partial charge >= 0.3 is 0 Å². The lowest BCUT2D eigenvalue weighted by Crippen LogP contribution is -2.17. The topological polar surface area (TPSA) is 29.5 Å². The molecule has 0 heterocycles. The van der Waals surface area contributed by atoms with E-state index in [-0.39, 0.29) is 18.5 Å². The smallest absolute Gasteiger partial charge is 0.120 e. The van der Waals surface area contributed by atoms with Crippen LogP contribution in [0.4, 0.5) is 0 Å². The fourth-order valence-corrected chi connectivity index (χ4v) is 4.22. The Balaban J connectivity index is 0.00000450. The average molecular weight is 545 g/mol. The van der Waals surface area contributed by atoms with E-state index in [9.17, 15) is 5.11 Å². The molecule has 2 nitrogen and oxygen atoms in total. The number of hydrogen-bond donors (Lipinski definition) is 1. The third-order valence-electron chi connectivity index (χ3n) is 5.36. The largest absolute Gasteiger partial charge is 0.491 e.